The number of carbonyl (C=O) groups excluding carboxylic acids is 1. The number of anilines is 3. The summed E-state index contributed by atoms with van der Waals surface area (Å²) in [5.74, 6) is -2.82. The van der Waals surface area contributed by atoms with Gasteiger partial charge in [0.05, 0.1) is 17.1 Å². The van der Waals surface area contributed by atoms with Crippen LogP contribution in [-0.2, 0) is 0 Å². The average Bonchev–Trinajstić information content (AvgIpc) is 3.51. The van der Waals surface area contributed by atoms with Gasteiger partial charge in [-0.3, -0.25) is 0 Å². The molecule has 0 atom stereocenters. The van der Waals surface area contributed by atoms with Crippen LogP contribution in [-0.4, -0.2) is 48.8 Å². The summed E-state index contributed by atoms with van der Waals surface area (Å²) in [6.45, 7) is 3.48. The van der Waals surface area contributed by atoms with Crippen LogP contribution in [0.2, 0.25) is 0 Å². The van der Waals surface area contributed by atoms with E-state index in [-0.39, 0.29) is 11.7 Å². The third-order valence-electron chi connectivity index (χ3n) is 7.53. The number of benzene rings is 3. The number of hydrogen-bond acceptors (Lipinski definition) is 7. The van der Waals surface area contributed by atoms with Crippen molar-refractivity contribution in [3.63, 3.8) is 0 Å². The summed E-state index contributed by atoms with van der Waals surface area (Å²) >= 11 is 0. The van der Waals surface area contributed by atoms with Crippen LogP contribution >= 0.6 is 0 Å². The topological polar surface area (TPSA) is 139 Å². The number of H-pyrrole nitrogens is 1. The van der Waals surface area contributed by atoms with Gasteiger partial charge in [0.25, 0.3) is 0 Å². The quantitative estimate of drug-likeness (QED) is 0.173. The van der Waals surface area contributed by atoms with Crippen molar-refractivity contribution in [1.29, 1.82) is 0 Å². The predicted molar refractivity (Wildman–Crippen MR) is 155 cm³/mol. The lowest BCUT2D eigenvalue weighted by Crippen LogP contribution is -2.58. The number of hydrogen-bond donors (Lipinski definition) is 5. The molecule has 1 aliphatic rings. The molecule has 0 bridgehead atoms. The zero-order valence-electron chi connectivity index (χ0n) is 23.0. The molecule has 214 valence electrons. The maximum Gasteiger partial charge on any atom is 0.323 e. The lowest BCUT2D eigenvalue weighted by molar-refractivity contribution is -0.196. The number of nitrogens with one attached hydrogen (secondary N) is 3. The Balaban J connectivity index is 1.61. The van der Waals surface area contributed by atoms with Gasteiger partial charge in [-0.15, -0.1) is 5.10 Å². The van der Waals surface area contributed by atoms with Crippen LogP contribution in [0.5, 0.6) is 0 Å². The fourth-order valence-corrected chi connectivity index (χ4v) is 5.33. The minimum absolute atomic E-state index is 0.0239. The molecule has 10 nitrogen and oxygen atoms in total. The average molecular weight is 560 g/mol. The second-order valence-electron chi connectivity index (χ2n) is 10.6. The number of halogens is 1. The number of nitrogens with zero attached hydrogens (tertiary/aromatic N) is 4. The lowest BCUT2D eigenvalue weighted by atomic mass is 9.91. The highest BCUT2D eigenvalue weighted by atomic mass is 19.1. The highest BCUT2D eigenvalue weighted by molar-refractivity contribution is 6.03. The van der Waals surface area contributed by atoms with Gasteiger partial charge in [-0.1, -0.05) is 75.6 Å². The van der Waals surface area contributed by atoms with Crippen LogP contribution in [0, 0.1) is 11.7 Å². The van der Waals surface area contributed by atoms with Crippen LogP contribution in [0.4, 0.5) is 26.2 Å². The first-order valence-corrected chi connectivity index (χ1v) is 13.8. The van der Waals surface area contributed by atoms with Crippen molar-refractivity contribution in [3.8, 4) is 22.5 Å². The third-order valence-corrected chi connectivity index (χ3v) is 7.53. The Morgan fingerprint density at radius 3 is 2.34 bits per heavy atom. The Bertz CT molecular complexity index is 1490. The van der Waals surface area contributed by atoms with Gasteiger partial charge in [-0.05, 0) is 58.7 Å². The van der Waals surface area contributed by atoms with Crippen molar-refractivity contribution in [2.75, 3.05) is 15.5 Å². The van der Waals surface area contributed by atoms with E-state index in [1.807, 2.05) is 30.3 Å². The van der Waals surface area contributed by atoms with Crippen LogP contribution in [0.1, 0.15) is 46.0 Å². The number of tetrazole rings is 1. The van der Waals surface area contributed by atoms with Gasteiger partial charge in [0.2, 0.25) is 5.91 Å². The maximum absolute atomic E-state index is 14.3. The number of aromatic nitrogens is 4. The number of aliphatic hydroxyl groups is 2. The first kappa shape index (κ1) is 28.2. The van der Waals surface area contributed by atoms with Gasteiger partial charge >= 0.3 is 6.03 Å². The summed E-state index contributed by atoms with van der Waals surface area (Å²) in [4.78, 5) is 14.8. The Hall–Kier alpha value is -4.35. The molecular weight excluding hydrogens is 525 g/mol. The fraction of sp³-hybridized carbons (Fsp3) is 0.333. The number of rotatable bonds is 8. The molecule has 4 aromatic rings. The van der Waals surface area contributed by atoms with E-state index in [1.54, 1.807) is 36.9 Å². The highest BCUT2D eigenvalue weighted by Crippen LogP contribution is 2.41. The molecule has 1 aromatic heterocycles. The Labute approximate surface area is 237 Å². The third kappa shape index (κ3) is 6.06. The lowest BCUT2D eigenvalue weighted by Gasteiger charge is -2.46. The van der Waals surface area contributed by atoms with E-state index in [0.29, 0.717) is 17.2 Å². The molecule has 3 aromatic carbocycles. The standard InChI is InChI=1S/C30H34FN7O3/c1-19(2)30(40,41)38(21-10-4-3-5-11-21)27-17-16-20(22-12-6-7-13-23(22)28-34-36-37-35-28)18-26(27)33-29(39)32-25-15-9-8-14-24(25)31/h6-9,12-19,21,40-41H,3-5,10-11H2,1-2H3,(H2,32,33,39)(H,34,35,36,37). The summed E-state index contributed by atoms with van der Waals surface area (Å²) in [5.41, 5.74) is 3.08. The summed E-state index contributed by atoms with van der Waals surface area (Å²) in [6.07, 6.45) is 4.56. The molecule has 0 saturated heterocycles. The number of carbonyl (C=O) groups is 1. The molecular formula is C30H34FN7O3. The molecule has 1 heterocycles. The van der Waals surface area contributed by atoms with Gasteiger partial charge in [-0.25, -0.2) is 14.3 Å². The minimum Gasteiger partial charge on any atom is -0.349 e. The van der Waals surface area contributed by atoms with Crippen molar-refractivity contribution in [2.45, 2.75) is 57.9 Å². The second-order valence-corrected chi connectivity index (χ2v) is 10.6. The Morgan fingerprint density at radius 2 is 1.66 bits per heavy atom. The molecule has 1 aliphatic carbocycles. The largest absolute Gasteiger partial charge is 0.349 e. The Morgan fingerprint density at radius 1 is 0.976 bits per heavy atom. The number of aromatic amines is 1. The van der Waals surface area contributed by atoms with Crippen LogP contribution in [0.25, 0.3) is 22.5 Å². The molecule has 2 amide bonds. The molecule has 0 spiro atoms. The second kappa shape index (κ2) is 12.0. The first-order valence-electron chi connectivity index (χ1n) is 13.8. The molecule has 0 radical (unpaired) electrons. The van der Waals surface area contributed by atoms with Gasteiger partial charge < -0.3 is 25.7 Å². The molecule has 5 N–H and O–H groups in total. The van der Waals surface area contributed by atoms with Crippen molar-refractivity contribution < 1.29 is 19.4 Å². The molecule has 1 saturated carbocycles. The fourth-order valence-electron chi connectivity index (χ4n) is 5.33. The van der Waals surface area contributed by atoms with Crippen LogP contribution < -0.4 is 15.5 Å². The zero-order chi connectivity index (χ0) is 29.0. The first-order chi connectivity index (χ1) is 19.8. The van der Waals surface area contributed by atoms with Gasteiger partial charge in [0.15, 0.2) is 5.82 Å². The highest BCUT2D eigenvalue weighted by Gasteiger charge is 2.41. The van der Waals surface area contributed by atoms with Gasteiger partial charge in [0.1, 0.15) is 5.82 Å². The monoisotopic (exact) mass is 559 g/mol. The normalized spacial score (nSPS) is 14.2. The molecule has 11 heteroatoms. The van der Waals surface area contributed by atoms with Crippen molar-refractivity contribution in [3.05, 3.63) is 72.5 Å². The Kier molecular flexibility index (Phi) is 8.27. The minimum atomic E-state index is -2.19. The molecule has 0 unspecified atom stereocenters. The SMILES string of the molecule is CC(C)C(O)(O)N(c1ccc(-c2ccccc2-c2nnn[nH]2)cc1NC(=O)Nc1ccccc1F)C1CCCCC1. The van der Waals surface area contributed by atoms with E-state index in [4.69, 9.17) is 0 Å². The van der Waals surface area contributed by atoms with E-state index in [0.717, 1.165) is 48.8 Å². The van der Waals surface area contributed by atoms with Crippen LogP contribution in [0.15, 0.2) is 66.7 Å². The number of urea groups is 1. The van der Waals surface area contributed by atoms with Crippen molar-refractivity contribution in [2.24, 2.45) is 5.92 Å². The van der Waals surface area contributed by atoms with Gasteiger partial charge in [0, 0.05) is 17.5 Å². The van der Waals surface area contributed by atoms with E-state index in [2.05, 4.69) is 31.3 Å². The maximum atomic E-state index is 14.3. The molecule has 1 fully saturated rings. The van der Waals surface area contributed by atoms with Crippen LogP contribution in [0.3, 0.4) is 0 Å². The molecule has 41 heavy (non-hydrogen) atoms. The molecule has 5 rings (SSSR count). The zero-order valence-corrected chi connectivity index (χ0v) is 23.0. The van der Waals surface area contributed by atoms with E-state index >= 15 is 0 Å². The predicted octanol–water partition coefficient (Wildman–Crippen LogP) is 5.75. The number of para-hydroxylation sites is 1. The number of amides is 2. The van der Waals surface area contributed by atoms with Crippen molar-refractivity contribution >= 4 is 23.1 Å². The van der Waals surface area contributed by atoms with E-state index < -0.39 is 23.7 Å². The smallest absolute Gasteiger partial charge is 0.323 e. The van der Waals surface area contributed by atoms with E-state index in [1.165, 1.54) is 18.2 Å². The van der Waals surface area contributed by atoms with E-state index in [9.17, 15) is 19.4 Å². The summed E-state index contributed by atoms with van der Waals surface area (Å²) in [5, 5.41) is 42.5. The molecule has 0 aliphatic heterocycles. The summed E-state index contributed by atoms with van der Waals surface area (Å²) in [6, 6.07) is 18.0. The summed E-state index contributed by atoms with van der Waals surface area (Å²) in [7, 11) is 0. The van der Waals surface area contributed by atoms with Gasteiger partial charge in [-0.2, -0.15) is 0 Å². The summed E-state index contributed by atoms with van der Waals surface area (Å²) < 4.78 is 14.3. The van der Waals surface area contributed by atoms with Crippen molar-refractivity contribution in [1.82, 2.24) is 20.6 Å².